The number of hydrogen-bond acceptors (Lipinski definition) is 5. The molecule has 1 atom stereocenters. The average molecular weight is 389 g/mol. The SMILES string of the molecule is COCCNC(=O)[C@H]1CCCN(C2CCN(C(=O)c3cccnc3C)CC2)C1. The number of amides is 2. The number of aromatic nitrogens is 1. The molecule has 7 nitrogen and oxygen atoms in total. The van der Waals surface area contributed by atoms with Crippen LogP contribution in [0.25, 0.3) is 0 Å². The molecule has 0 aliphatic carbocycles. The predicted molar refractivity (Wildman–Crippen MR) is 107 cm³/mol. The van der Waals surface area contributed by atoms with E-state index in [1.807, 2.05) is 24.0 Å². The van der Waals surface area contributed by atoms with Gasteiger partial charge in [0.05, 0.1) is 18.1 Å². The van der Waals surface area contributed by atoms with E-state index in [4.69, 9.17) is 4.74 Å². The molecule has 2 amide bonds. The number of rotatable bonds is 6. The Kier molecular flexibility index (Phi) is 7.39. The van der Waals surface area contributed by atoms with Gasteiger partial charge in [0.1, 0.15) is 0 Å². The molecule has 1 aromatic heterocycles. The Hall–Kier alpha value is -1.99. The lowest BCUT2D eigenvalue weighted by Crippen LogP contribution is -2.51. The van der Waals surface area contributed by atoms with Crippen molar-refractivity contribution in [2.24, 2.45) is 5.92 Å². The highest BCUT2D eigenvalue weighted by molar-refractivity contribution is 5.95. The first-order valence-corrected chi connectivity index (χ1v) is 10.3. The van der Waals surface area contributed by atoms with Gasteiger partial charge in [-0.1, -0.05) is 0 Å². The van der Waals surface area contributed by atoms with E-state index in [1.165, 1.54) is 0 Å². The summed E-state index contributed by atoms with van der Waals surface area (Å²) in [7, 11) is 1.64. The molecule has 0 unspecified atom stereocenters. The van der Waals surface area contributed by atoms with E-state index in [1.54, 1.807) is 13.3 Å². The van der Waals surface area contributed by atoms with Crippen molar-refractivity contribution in [2.45, 2.75) is 38.6 Å². The number of piperidine rings is 2. The highest BCUT2D eigenvalue weighted by atomic mass is 16.5. The smallest absolute Gasteiger partial charge is 0.255 e. The van der Waals surface area contributed by atoms with Gasteiger partial charge in [0.25, 0.3) is 5.91 Å². The summed E-state index contributed by atoms with van der Waals surface area (Å²) in [5.74, 6) is 0.280. The zero-order valence-electron chi connectivity index (χ0n) is 17.0. The van der Waals surface area contributed by atoms with Crippen LogP contribution in [0.2, 0.25) is 0 Å². The molecule has 2 aliphatic rings. The molecule has 0 radical (unpaired) electrons. The van der Waals surface area contributed by atoms with E-state index in [2.05, 4.69) is 15.2 Å². The van der Waals surface area contributed by atoms with Gasteiger partial charge >= 0.3 is 0 Å². The highest BCUT2D eigenvalue weighted by Crippen LogP contribution is 2.25. The summed E-state index contributed by atoms with van der Waals surface area (Å²) < 4.78 is 5.00. The highest BCUT2D eigenvalue weighted by Gasteiger charge is 2.32. The van der Waals surface area contributed by atoms with Crippen LogP contribution in [0.1, 0.15) is 41.7 Å². The van der Waals surface area contributed by atoms with Gasteiger partial charge in [-0.25, -0.2) is 0 Å². The molecule has 28 heavy (non-hydrogen) atoms. The molecule has 1 N–H and O–H groups in total. The van der Waals surface area contributed by atoms with Crippen LogP contribution in [0.3, 0.4) is 0 Å². The van der Waals surface area contributed by atoms with Gasteiger partial charge < -0.3 is 15.0 Å². The Bertz CT molecular complexity index is 673. The summed E-state index contributed by atoms with van der Waals surface area (Å²) in [6, 6.07) is 4.13. The number of pyridine rings is 1. The van der Waals surface area contributed by atoms with E-state index in [-0.39, 0.29) is 17.7 Å². The third kappa shape index (κ3) is 5.08. The summed E-state index contributed by atoms with van der Waals surface area (Å²) in [6.07, 6.45) is 5.64. The number of likely N-dealkylation sites (tertiary alicyclic amines) is 2. The minimum atomic E-state index is 0.0586. The van der Waals surface area contributed by atoms with Gasteiger partial charge in [0, 0.05) is 51.2 Å². The van der Waals surface area contributed by atoms with Gasteiger partial charge in [-0.05, 0) is 51.3 Å². The minimum absolute atomic E-state index is 0.0586. The Morgan fingerprint density at radius 1 is 1.25 bits per heavy atom. The van der Waals surface area contributed by atoms with Crippen molar-refractivity contribution in [1.29, 1.82) is 0 Å². The monoisotopic (exact) mass is 388 g/mol. The first kappa shape index (κ1) is 20.7. The lowest BCUT2D eigenvalue weighted by atomic mass is 9.93. The summed E-state index contributed by atoms with van der Waals surface area (Å²) in [5.41, 5.74) is 1.49. The molecule has 7 heteroatoms. The molecule has 2 saturated heterocycles. The zero-order chi connectivity index (χ0) is 19.9. The van der Waals surface area contributed by atoms with Crippen LogP contribution in [0.15, 0.2) is 18.3 Å². The minimum Gasteiger partial charge on any atom is -0.383 e. The van der Waals surface area contributed by atoms with Gasteiger partial charge in [-0.2, -0.15) is 0 Å². The van der Waals surface area contributed by atoms with Gasteiger partial charge in [-0.15, -0.1) is 0 Å². The summed E-state index contributed by atoms with van der Waals surface area (Å²) in [5, 5.41) is 2.97. The van der Waals surface area contributed by atoms with Crippen LogP contribution in [0, 0.1) is 12.8 Å². The molecular weight excluding hydrogens is 356 g/mol. The van der Waals surface area contributed by atoms with Crippen LogP contribution in [0.5, 0.6) is 0 Å². The maximum Gasteiger partial charge on any atom is 0.255 e. The lowest BCUT2D eigenvalue weighted by Gasteiger charge is -2.42. The van der Waals surface area contributed by atoms with E-state index < -0.39 is 0 Å². The fourth-order valence-corrected chi connectivity index (χ4v) is 4.29. The molecule has 2 fully saturated rings. The second-order valence-electron chi connectivity index (χ2n) is 7.78. The van der Waals surface area contributed by atoms with E-state index in [0.29, 0.717) is 24.8 Å². The van der Waals surface area contributed by atoms with E-state index in [0.717, 1.165) is 57.6 Å². The topological polar surface area (TPSA) is 74.8 Å². The number of nitrogens with zero attached hydrogens (tertiary/aromatic N) is 3. The van der Waals surface area contributed by atoms with Crippen molar-refractivity contribution < 1.29 is 14.3 Å². The molecule has 1 aromatic rings. The standard InChI is InChI=1S/C21H32N4O3/c1-16-19(6-3-9-22-16)21(27)24-12-7-18(8-13-24)25-11-4-5-17(15-25)20(26)23-10-14-28-2/h3,6,9,17-18H,4-5,7-8,10-15H2,1-2H3,(H,23,26)/t17-/m0/s1. The van der Waals surface area contributed by atoms with Gasteiger partial charge in [-0.3, -0.25) is 19.5 Å². The summed E-state index contributed by atoms with van der Waals surface area (Å²) >= 11 is 0. The molecule has 0 saturated carbocycles. The maximum absolute atomic E-state index is 12.8. The predicted octanol–water partition coefficient (Wildman–Crippen LogP) is 1.47. The van der Waals surface area contributed by atoms with Crippen molar-refractivity contribution in [1.82, 2.24) is 20.1 Å². The largest absolute Gasteiger partial charge is 0.383 e. The number of carbonyl (C=O) groups excluding carboxylic acids is 2. The molecule has 2 aliphatic heterocycles. The number of methoxy groups -OCH3 is 1. The maximum atomic E-state index is 12.8. The quantitative estimate of drug-likeness (QED) is 0.747. The molecule has 0 spiro atoms. The molecule has 0 bridgehead atoms. The van der Waals surface area contributed by atoms with Crippen molar-refractivity contribution in [3.63, 3.8) is 0 Å². The number of aryl methyl sites for hydroxylation is 1. The zero-order valence-corrected chi connectivity index (χ0v) is 17.0. The van der Waals surface area contributed by atoms with Crippen LogP contribution in [-0.4, -0.2) is 79.1 Å². The van der Waals surface area contributed by atoms with E-state index >= 15 is 0 Å². The molecule has 0 aromatic carbocycles. The van der Waals surface area contributed by atoms with Crippen molar-refractivity contribution in [3.8, 4) is 0 Å². The normalized spacial score (nSPS) is 21.5. The van der Waals surface area contributed by atoms with E-state index in [9.17, 15) is 9.59 Å². The van der Waals surface area contributed by atoms with Gasteiger partial charge in [0.15, 0.2) is 0 Å². The number of hydrogen-bond donors (Lipinski definition) is 1. The number of ether oxygens (including phenoxy) is 1. The molecule has 3 heterocycles. The fourth-order valence-electron chi connectivity index (χ4n) is 4.29. The Labute approximate surface area is 167 Å². The Morgan fingerprint density at radius 2 is 2.04 bits per heavy atom. The number of carbonyl (C=O) groups is 2. The van der Waals surface area contributed by atoms with Crippen LogP contribution >= 0.6 is 0 Å². The second kappa shape index (κ2) is 9.98. The second-order valence-corrected chi connectivity index (χ2v) is 7.78. The third-order valence-electron chi connectivity index (χ3n) is 5.93. The molecule has 3 rings (SSSR count). The third-order valence-corrected chi connectivity index (χ3v) is 5.93. The number of nitrogens with one attached hydrogen (secondary N) is 1. The first-order valence-electron chi connectivity index (χ1n) is 10.3. The summed E-state index contributed by atoms with van der Waals surface area (Å²) in [6.45, 7) is 6.39. The average Bonchev–Trinajstić information content (AvgIpc) is 2.74. The summed E-state index contributed by atoms with van der Waals surface area (Å²) in [4.78, 5) is 33.8. The molecule has 154 valence electrons. The first-order chi connectivity index (χ1) is 13.6. The molecular formula is C21H32N4O3. The Balaban J connectivity index is 1.49. The van der Waals surface area contributed by atoms with Crippen LogP contribution in [-0.2, 0) is 9.53 Å². The van der Waals surface area contributed by atoms with Crippen LogP contribution < -0.4 is 5.32 Å². The van der Waals surface area contributed by atoms with Gasteiger partial charge in [0.2, 0.25) is 5.91 Å². The van der Waals surface area contributed by atoms with Crippen molar-refractivity contribution in [2.75, 3.05) is 46.4 Å². The van der Waals surface area contributed by atoms with Crippen molar-refractivity contribution in [3.05, 3.63) is 29.6 Å². The van der Waals surface area contributed by atoms with Crippen LogP contribution in [0.4, 0.5) is 0 Å². The fraction of sp³-hybridized carbons (Fsp3) is 0.667. The lowest BCUT2D eigenvalue weighted by molar-refractivity contribution is -0.127. The van der Waals surface area contributed by atoms with Crippen molar-refractivity contribution >= 4 is 11.8 Å². The Morgan fingerprint density at radius 3 is 2.75 bits per heavy atom.